The number of carbonyl (C=O) groups excluding carboxylic acids is 2. The number of rotatable bonds is 10. The first kappa shape index (κ1) is 20.7. The predicted octanol–water partition coefficient (Wildman–Crippen LogP) is 4.92. The minimum Gasteiger partial charge on any atom is -0.445 e. The highest BCUT2D eigenvalue weighted by Gasteiger charge is 2.22. The topological polar surface area (TPSA) is 55.4 Å². The summed E-state index contributed by atoms with van der Waals surface area (Å²) in [6.45, 7) is 4.28. The van der Waals surface area contributed by atoms with Crippen LogP contribution in [-0.4, -0.2) is 17.9 Å². The fourth-order valence-corrected chi connectivity index (χ4v) is 2.93. The van der Waals surface area contributed by atoms with Gasteiger partial charge in [-0.25, -0.2) is 4.79 Å². The summed E-state index contributed by atoms with van der Waals surface area (Å²) in [6, 6.07) is 19.1. The van der Waals surface area contributed by atoms with E-state index in [9.17, 15) is 9.59 Å². The van der Waals surface area contributed by atoms with E-state index in [0.29, 0.717) is 18.8 Å². The SMILES string of the molecule is CC(C)C[C@H](NC(=O)OCc1ccccc1)C(=O)CCCc1ccccc1. The average Bonchev–Trinajstić information content (AvgIpc) is 2.67. The van der Waals surface area contributed by atoms with Gasteiger partial charge in [-0.2, -0.15) is 0 Å². The van der Waals surface area contributed by atoms with E-state index >= 15 is 0 Å². The van der Waals surface area contributed by atoms with E-state index in [-0.39, 0.29) is 12.4 Å². The maximum atomic E-state index is 12.6. The van der Waals surface area contributed by atoms with Gasteiger partial charge in [0.15, 0.2) is 5.78 Å². The number of amides is 1. The standard InChI is InChI=1S/C23H29NO3/c1-18(2)16-21(22(25)15-9-14-19-10-5-3-6-11-19)24-23(26)27-17-20-12-7-4-8-13-20/h3-8,10-13,18,21H,9,14-17H2,1-2H3,(H,24,26)/t21-/m0/s1. The molecular weight excluding hydrogens is 338 g/mol. The quantitative estimate of drug-likeness (QED) is 0.648. The zero-order chi connectivity index (χ0) is 19.5. The van der Waals surface area contributed by atoms with Crippen molar-refractivity contribution in [3.63, 3.8) is 0 Å². The van der Waals surface area contributed by atoms with Crippen LogP contribution in [0.2, 0.25) is 0 Å². The molecule has 4 nitrogen and oxygen atoms in total. The summed E-state index contributed by atoms with van der Waals surface area (Å²) in [5.41, 5.74) is 2.14. The smallest absolute Gasteiger partial charge is 0.408 e. The molecule has 0 aliphatic heterocycles. The Morgan fingerprint density at radius 3 is 2.11 bits per heavy atom. The molecule has 0 spiro atoms. The fraction of sp³-hybridized carbons (Fsp3) is 0.391. The molecule has 0 aliphatic rings. The lowest BCUT2D eigenvalue weighted by Gasteiger charge is -2.19. The van der Waals surface area contributed by atoms with E-state index in [0.717, 1.165) is 18.4 Å². The van der Waals surface area contributed by atoms with Gasteiger partial charge in [-0.05, 0) is 36.3 Å². The molecule has 0 aromatic heterocycles. The van der Waals surface area contributed by atoms with Gasteiger partial charge in [0.2, 0.25) is 0 Å². The Morgan fingerprint density at radius 1 is 0.926 bits per heavy atom. The molecule has 1 amide bonds. The van der Waals surface area contributed by atoms with Gasteiger partial charge in [0.05, 0.1) is 6.04 Å². The van der Waals surface area contributed by atoms with Gasteiger partial charge in [-0.3, -0.25) is 4.79 Å². The zero-order valence-corrected chi connectivity index (χ0v) is 16.2. The third-order valence-electron chi connectivity index (χ3n) is 4.33. The molecule has 0 saturated heterocycles. The molecule has 144 valence electrons. The summed E-state index contributed by atoms with van der Waals surface area (Å²) < 4.78 is 5.26. The van der Waals surface area contributed by atoms with Crippen molar-refractivity contribution in [3.05, 3.63) is 71.8 Å². The Balaban J connectivity index is 1.81. The van der Waals surface area contributed by atoms with Crippen LogP contribution in [0, 0.1) is 5.92 Å². The van der Waals surface area contributed by atoms with Gasteiger partial charge in [0.1, 0.15) is 6.61 Å². The molecule has 0 radical (unpaired) electrons. The lowest BCUT2D eigenvalue weighted by Crippen LogP contribution is -2.42. The van der Waals surface area contributed by atoms with E-state index in [1.54, 1.807) is 0 Å². The van der Waals surface area contributed by atoms with E-state index in [2.05, 4.69) is 17.4 Å². The van der Waals surface area contributed by atoms with Crippen LogP contribution < -0.4 is 5.32 Å². The number of hydrogen-bond acceptors (Lipinski definition) is 3. The second kappa shape index (κ2) is 11.2. The summed E-state index contributed by atoms with van der Waals surface area (Å²) >= 11 is 0. The highest BCUT2D eigenvalue weighted by atomic mass is 16.5. The van der Waals surface area contributed by atoms with Crippen LogP contribution >= 0.6 is 0 Å². The van der Waals surface area contributed by atoms with Gasteiger partial charge in [-0.15, -0.1) is 0 Å². The first-order valence-corrected chi connectivity index (χ1v) is 9.58. The maximum Gasteiger partial charge on any atom is 0.408 e. The summed E-state index contributed by atoms with van der Waals surface area (Å²) in [6.07, 6.45) is 2.16. The lowest BCUT2D eigenvalue weighted by molar-refractivity contribution is -0.121. The molecule has 1 N–H and O–H groups in total. The van der Waals surface area contributed by atoms with Crippen molar-refractivity contribution in [2.75, 3.05) is 0 Å². The van der Waals surface area contributed by atoms with Gasteiger partial charge < -0.3 is 10.1 Å². The van der Waals surface area contributed by atoms with Crippen LogP contribution in [0.3, 0.4) is 0 Å². The number of ether oxygens (including phenoxy) is 1. The molecule has 0 fully saturated rings. The van der Waals surface area contributed by atoms with E-state index < -0.39 is 12.1 Å². The van der Waals surface area contributed by atoms with E-state index in [4.69, 9.17) is 4.74 Å². The molecule has 2 aromatic carbocycles. The number of nitrogens with one attached hydrogen (secondary N) is 1. The molecule has 0 aliphatic carbocycles. The number of hydrogen-bond donors (Lipinski definition) is 1. The van der Waals surface area contributed by atoms with Crippen molar-refractivity contribution in [2.24, 2.45) is 5.92 Å². The molecule has 1 atom stereocenters. The summed E-state index contributed by atoms with van der Waals surface area (Å²) in [4.78, 5) is 24.7. The van der Waals surface area contributed by atoms with Crippen LogP contribution in [0.5, 0.6) is 0 Å². The van der Waals surface area contributed by atoms with Crippen molar-refractivity contribution < 1.29 is 14.3 Å². The predicted molar refractivity (Wildman–Crippen MR) is 107 cm³/mol. The normalized spacial score (nSPS) is 11.8. The molecule has 0 unspecified atom stereocenters. The van der Waals surface area contributed by atoms with Crippen molar-refractivity contribution in [2.45, 2.75) is 52.2 Å². The minimum atomic E-state index is -0.541. The molecule has 0 bridgehead atoms. The number of alkyl carbamates (subject to hydrolysis) is 1. The van der Waals surface area contributed by atoms with Crippen molar-refractivity contribution in [1.82, 2.24) is 5.32 Å². The Hall–Kier alpha value is -2.62. The summed E-state index contributed by atoms with van der Waals surface area (Å²) in [5.74, 6) is 0.374. The van der Waals surface area contributed by atoms with Gasteiger partial charge in [-0.1, -0.05) is 74.5 Å². The molecule has 0 heterocycles. The van der Waals surface area contributed by atoms with Crippen LogP contribution in [0.25, 0.3) is 0 Å². The number of ketones is 1. The minimum absolute atomic E-state index is 0.0660. The average molecular weight is 367 g/mol. The van der Waals surface area contributed by atoms with Crippen LogP contribution in [0.1, 0.15) is 44.2 Å². The van der Waals surface area contributed by atoms with Crippen molar-refractivity contribution >= 4 is 11.9 Å². The Morgan fingerprint density at radius 2 is 1.52 bits per heavy atom. The molecular formula is C23H29NO3. The number of aryl methyl sites for hydroxylation is 1. The van der Waals surface area contributed by atoms with E-state index in [1.807, 2.05) is 62.4 Å². The van der Waals surface area contributed by atoms with Gasteiger partial charge >= 0.3 is 6.09 Å². The number of carbonyl (C=O) groups is 2. The van der Waals surface area contributed by atoms with Crippen LogP contribution in [0.4, 0.5) is 4.79 Å². The highest BCUT2D eigenvalue weighted by Crippen LogP contribution is 2.11. The second-order valence-electron chi connectivity index (χ2n) is 7.19. The van der Waals surface area contributed by atoms with Crippen LogP contribution in [-0.2, 0) is 22.6 Å². The Labute approximate surface area is 161 Å². The molecule has 27 heavy (non-hydrogen) atoms. The molecule has 2 aromatic rings. The Kier molecular flexibility index (Phi) is 8.56. The molecule has 2 rings (SSSR count). The second-order valence-corrected chi connectivity index (χ2v) is 7.19. The van der Waals surface area contributed by atoms with Gasteiger partial charge in [0, 0.05) is 6.42 Å². The number of benzene rings is 2. The van der Waals surface area contributed by atoms with Crippen LogP contribution in [0.15, 0.2) is 60.7 Å². The zero-order valence-electron chi connectivity index (χ0n) is 16.2. The van der Waals surface area contributed by atoms with Gasteiger partial charge in [0.25, 0.3) is 0 Å². The molecule has 0 saturated carbocycles. The molecule has 4 heteroatoms. The highest BCUT2D eigenvalue weighted by molar-refractivity contribution is 5.87. The largest absolute Gasteiger partial charge is 0.445 e. The summed E-state index contributed by atoms with van der Waals surface area (Å²) in [7, 11) is 0. The summed E-state index contributed by atoms with van der Waals surface area (Å²) in [5, 5.41) is 2.76. The van der Waals surface area contributed by atoms with Crippen molar-refractivity contribution in [1.29, 1.82) is 0 Å². The lowest BCUT2D eigenvalue weighted by atomic mass is 9.96. The fourth-order valence-electron chi connectivity index (χ4n) is 2.93. The monoisotopic (exact) mass is 367 g/mol. The first-order valence-electron chi connectivity index (χ1n) is 9.58. The third kappa shape index (κ3) is 8.07. The third-order valence-corrected chi connectivity index (χ3v) is 4.33. The number of Topliss-reactive ketones (excluding diaryl/α,β-unsaturated/α-hetero) is 1. The van der Waals surface area contributed by atoms with Crippen molar-refractivity contribution in [3.8, 4) is 0 Å². The van der Waals surface area contributed by atoms with E-state index in [1.165, 1.54) is 5.56 Å². The maximum absolute atomic E-state index is 12.6. The first-order chi connectivity index (χ1) is 13.0. The Bertz CT molecular complexity index is 698.